The van der Waals surface area contributed by atoms with E-state index in [9.17, 15) is 4.79 Å². The number of rotatable bonds is 2. The van der Waals surface area contributed by atoms with Gasteiger partial charge in [0.05, 0.1) is 6.04 Å². The van der Waals surface area contributed by atoms with Crippen molar-refractivity contribution in [3.63, 3.8) is 0 Å². The van der Waals surface area contributed by atoms with Gasteiger partial charge in [0.1, 0.15) is 5.82 Å². The first kappa shape index (κ1) is 14.7. The minimum atomic E-state index is -0.205. The summed E-state index contributed by atoms with van der Waals surface area (Å²) in [4.78, 5) is 22.7. The molecule has 0 amide bonds. The second kappa shape index (κ2) is 5.88. The number of ketones is 1. The molecule has 1 aromatic heterocycles. The minimum absolute atomic E-state index is 0.189. The molecule has 1 atom stereocenters. The smallest absolute Gasteiger partial charge is 0.224 e. The number of hydrogen-bond acceptors (Lipinski definition) is 4. The van der Waals surface area contributed by atoms with Crippen LogP contribution in [0.1, 0.15) is 18.9 Å². The van der Waals surface area contributed by atoms with Crippen molar-refractivity contribution in [3.8, 4) is 0 Å². The van der Waals surface area contributed by atoms with Gasteiger partial charge in [-0.2, -0.15) is 4.98 Å². The van der Waals surface area contributed by atoms with Gasteiger partial charge in [-0.1, -0.05) is 6.92 Å². The van der Waals surface area contributed by atoms with Crippen LogP contribution in [-0.2, 0) is 11.2 Å². The first-order chi connectivity index (χ1) is 10.1. The minimum Gasteiger partial charge on any atom is -0.315 e. The number of benzene rings is 1. The molecule has 1 aliphatic rings. The number of hydrogen-bond donors (Lipinski definition) is 0. The van der Waals surface area contributed by atoms with Crippen LogP contribution in [0.15, 0.2) is 30.5 Å². The molecule has 1 unspecified atom stereocenters. The predicted octanol–water partition coefficient (Wildman–Crippen LogP) is 3.78. The first-order valence-corrected chi connectivity index (χ1v) is 8.14. The monoisotopic (exact) mass is 413 g/mol. The van der Waals surface area contributed by atoms with Gasteiger partial charge in [-0.3, -0.25) is 4.79 Å². The summed E-state index contributed by atoms with van der Waals surface area (Å²) in [7, 11) is 0. The maximum atomic E-state index is 12.4. The zero-order valence-electron chi connectivity index (χ0n) is 11.4. The third-order valence-corrected chi connectivity index (χ3v) is 4.48. The lowest BCUT2D eigenvalue weighted by molar-refractivity contribution is -0.120. The average Bonchev–Trinajstić information content (AvgIpc) is 2.47. The van der Waals surface area contributed by atoms with Gasteiger partial charge in [-0.25, -0.2) is 4.98 Å². The molecule has 4 nitrogen and oxygen atoms in total. The Kier molecular flexibility index (Phi) is 4.12. The molecule has 0 aliphatic carbocycles. The van der Waals surface area contributed by atoms with E-state index in [1.165, 1.54) is 0 Å². The van der Waals surface area contributed by atoms with E-state index in [0.717, 1.165) is 27.1 Å². The van der Waals surface area contributed by atoms with Gasteiger partial charge in [0.15, 0.2) is 5.78 Å². The summed E-state index contributed by atoms with van der Waals surface area (Å²) < 4.78 is 1.15. The molecule has 0 bridgehead atoms. The van der Waals surface area contributed by atoms with E-state index in [2.05, 4.69) is 32.6 Å². The Morgan fingerprint density at radius 2 is 2.10 bits per heavy atom. The fourth-order valence-electron chi connectivity index (χ4n) is 2.62. The van der Waals surface area contributed by atoms with Crippen molar-refractivity contribution in [1.29, 1.82) is 0 Å². The number of anilines is 2. The second-order valence-electron chi connectivity index (χ2n) is 4.90. The molecule has 0 spiro atoms. The molecule has 0 N–H and O–H groups in total. The summed E-state index contributed by atoms with van der Waals surface area (Å²) in [6.45, 7) is 2.01. The Balaban J connectivity index is 2.16. The molecule has 108 valence electrons. The fraction of sp³-hybridized carbons (Fsp3) is 0.267. The van der Waals surface area contributed by atoms with Gasteiger partial charge in [-0.05, 0) is 64.9 Å². The zero-order chi connectivity index (χ0) is 15.0. The highest BCUT2D eigenvalue weighted by molar-refractivity contribution is 14.1. The zero-order valence-corrected chi connectivity index (χ0v) is 14.3. The number of nitrogens with zero attached hydrogens (tertiary/aromatic N) is 3. The van der Waals surface area contributed by atoms with E-state index in [1.807, 2.05) is 36.1 Å². The van der Waals surface area contributed by atoms with Gasteiger partial charge in [-0.15, -0.1) is 0 Å². The number of Topliss-reactive ketones (excluding diaryl/α,β-unsaturated/α-hetero) is 1. The van der Waals surface area contributed by atoms with Crippen LogP contribution in [0.5, 0.6) is 0 Å². The Morgan fingerprint density at radius 3 is 2.76 bits per heavy atom. The van der Waals surface area contributed by atoms with Crippen molar-refractivity contribution >= 4 is 51.5 Å². The lowest BCUT2D eigenvalue weighted by Crippen LogP contribution is -2.43. The van der Waals surface area contributed by atoms with E-state index in [4.69, 9.17) is 11.6 Å². The third-order valence-electron chi connectivity index (χ3n) is 3.58. The summed E-state index contributed by atoms with van der Waals surface area (Å²) in [6.07, 6.45) is 2.74. The van der Waals surface area contributed by atoms with E-state index in [-0.39, 0.29) is 17.1 Å². The molecule has 6 heteroatoms. The molecule has 0 saturated carbocycles. The number of halogens is 2. The molecule has 0 fully saturated rings. The summed E-state index contributed by atoms with van der Waals surface area (Å²) >= 11 is 8.21. The molecule has 1 aromatic carbocycles. The topological polar surface area (TPSA) is 46.1 Å². The van der Waals surface area contributed by atoms with Crippen molar-refractivity contribution in [2.45, 2.75) is 25.8 Å². The highest BCUT2D eigenvalue weighted by atomic mass is 127. The molecule has 0 radical (unpaired) electrons. The lowest BCUT2D eigenvalue weighted by atomic mass is 9.95. The Hall–Kier alpha value is -1.21. The number of carbonyl (C=O) groups excluding carboxylic acids is 1. The lowest BCUT2D eigenvalue weighted by Gasteiger charge is -2.36. The van der Waals surface area contributed by atoms with Crippen LogP contribution in [0.2, 0.25) is 5.28 Å². The van der Waals surface area contributed by atoms with Crippen molar-refractivity contribution in [2.24, 2.45) is 0 Å². The van der Waals surface area contributed by atoms with Gasteiger partial charge in [0.2, 0.25) is 5.28 Å². The van der Waals surface area contributed by atoms with Crippen molar-refractivity contribution in [3.05, 3.63) is 44.9 Å². The van der Waals surface area contributed by atoms with E-state index in [1.54, 1.807) is 6.20 Å². The maximum Gasteiger partial charge on any atom is 0.224 e. The summed E-state index contributed by atoms with van der Waals surface area (Å²) in [5, 5.41) is 0.202. The Bertz CT molecular complexity index is 690. The highest BCUT2D eigenvalue weighted by Crippen LogP contribution is 2.35. The maximum absolute atomic E-state index is 12.4. The van der Waals surface area contributed by atoms with Crippen LogP contribution in [0, 0.1) is 3.57 Å². The second-order valence-corrected chi connectivity index (χ2v) is 6.49. The van der Waals surface area contributed by atoms with Gasteiger partial charge in [0, 0.05) is 27.4 Å². The quantitative estimate of drug-likeness (QED) is 0.555. The standard InChI is InChI=1S/C15H13ClIN3O/c1-2-12-13(21)7-9-8-18-15(16)19-14(9)20(12)11-5-3-10(17)4-6-11/h3-6,8,12H,2,7H2,1H3. The Labute approximate surface area is 141 Å². The summed E-state index contributed by atoms with van der Waals surface area (Å²) in [5.41, 5.74) is 1.78. The van der Waals surface area contributed by atoms with Crippen LogP contribution in [0.3, 0.4) is 0 Å². The number of carbonyl (C=O) groups is 1. The van der Waals surface area contributed by atoms with Crippen LogP contribution in [0.4, 0.5) is 11.5 Å². The normalized spacial score (nSPS) is 17.8. The van der Waals surface area contributed by atoms with Crippen LogP contribution >= 0.6 is 34.2 Å². The number of aromatic nitrogens is 2. The molecule has 1 aliphatic heterocycles. The highest BCUT2D eigenvalue weighted by Gasteiger charge is 2.34. The number of fused-ring (bicyclic) bond motifs is 1. The third kappa shape index (κ3) is 2.76. The van der Waals surface area contributed by atoms with Gasteiger partial charge >= 0.3 is 0 Å². The molecular formula is C15H13ClIN3O. The van der Waals surface area contributed by atoms with Crippen molar-refractivity contribution in [2.75, 3.05) is 4.90 Å². The summed E-state index contributed by atoms with van der Waals surface area (Å²) in [6, 6.07) is 7.84. The van der Waals surface area contributed by atoms with Crippen molar-refractivity contribution < 1.29 is 4.79 Å². The molecule has 3 rings (SSSR count). The molecular weight excluding hydrogens is 401 g/mol. The summed E-state index contributed by atoms with van der Waals surface area (Å²) in [5.74, 6) is 0.928. The van der Waals surface area contributed by atoms with Crippen LogP contribution in [-0.4, -0.2) is 21.8 Å². The molecule has 0 saturated heterocycles. The van der Waals surface area contributed by atoms with E-state index < -0.39 is 0 Å². The molecule has 21 heavy (non-hydrogen) atoms. The van der Waals surface area contributed by atoms with Gasteiger partial charge in [0.25, 0.3) is 0 Å². The van der Waals surface area contributed by atoms with Crippen LogP contribution in [0.25, 0.3) is 0 Å². The first-order valence-electron chi connectivity index (χ1n) is 6.69. The fourth-order valence-corrected chi connectivity index (χ4v) is 3.11. The SMILES string of the molecule is CCC1C(=O)Cc2cnc(Cl)nc2N1c1ccc(I)cc1. The largest absolute Gasteiger partial charge is 0.315 e. The molecule has 2 aromatic rings. The van der Waals surface area contributed by atoms with E-state index >= 15 is 0 Å². The van der Waals surface area contributed by atoms with E-state index in [0.29, 0.717) is 6.42 Å². The van der Waals surface area contributed by atoms with Crippen LogP contribution < -0.4 is 4.90 Å². The molecule has 2 heterocycles. The van der Waals surface area contributed by atoms with Gasteiger partial charge < -0.3 is 4.90 Å². The average molecular weight is 414 g/mol. The van der Waals surface area contributed by atoms with Crippen molar-refractivity contribution in [1.82, 2.24) is 9.97 Å². The Morgan fingerprint density at radius 1 is 1.38 bits per heavy atom. The predicted molar refractivity (Wildman–Crippen MR) is 91.1 cm³/mol.